The molecule has 1 fully saturated rings. The molecule has 3 heterocycles. The number of aliphatic hydroxyl groups is 1. The SMILES string of the molecule is Cc1cccc(C)c1CNc1cc(C(=O)N2CC(C)(O)C2)cn2c(C)c(C)nc12. The first-order valence-corrected chi connectivity index (χ1v) is 9.96. The number of benzene rings is 1. The van der Waals surface area contributed by atoms with Crippen LogP contribution in [0.2, 0.25) is 0 Å². The van der Waals surface area contributed by atoms with E-state index in [0.29, 0.717) is 25.2 Å². The predicted octanol–water partition coefficient (Wildman–Crippen LogP) is 3.39. The summed E-state index contributed by atoms with van der Waals surface area (Å²) in [6.07, 6.45) is 1.85. The van der Waals surface area contributed by atoms with Crippen molar-refractivity contribution in [2.75, 3.05) is 18.4 Å². The van der Waals surface area contributed by atoms with E-state index in [2.05, 4.69) is 37.4 Å². The van der Waals surface area contributed by atoms with Crippen LogP contribution in [0.25, 0.3) is 5.65 Å². The summed E-state index contributed by atoms with van der Waals surface area (Å²) in [4.78, 5) is 19.3. The van der Waals surface area contributed by atoms with Gasteiger partial charge < -0.3 is 19.7 Å². The van der Waals surface area contributed by atoms with E-state index in [1.807, 2.05) is 30.5 Å². The van der Waals surface area contributed by atoms with Crippen molar-refractivity contribution in [3.8, 4) is 0 Å². The van der Waals surface area contributed by atoms with Gasteiger partial charge in [-0.05, 0) is 57.4 Å². The molecule has 0 saturated carbocycles. The van der Waals surface area contributed by atoms with Gasteiger partial charge in [-0.2, -0.15) is 0 Å². The fourth-order valence-corrected chi connectivity index (χ4v) is 4.03. The van der Waals surface area contributed by atoms with Gasteiger partial charge in [0.25, 0.3) is 5.91 Å². The summed E-state index contributed by atoms with van der Waals surface area (Å²) in [6.45, 7) is 11.3. The summed E-state index contributed by atoms with van der Waals surface area (Å²) >= 11 is 0. The highest BCUT2D eigenvalue weighted by Crippen LogP contribution is 2.27. The zero-order chi connectivity index (χ0) is 20.9. The lowest BCUT2D eigenvalue weighted by Gasteiger charge is -2.44. The fourth-order valence-electron chi connectivity index (χ4n) is 4.03. The molecule has 0 aliphatic carbocycles. The Morgan fingerprint density at radius 1 is 1.21 bits per heavy atom. The Labute approximate surface area is 171 Å². The van der Waals surface area contributed by atoms with Gasteiger partial charge in [-0.3, -0.25) is 4.79 Å². The highest BCUT2D eigenvalue weighted by atomic mass is 16.3. The van der Waals surface area contributed by atoms with Crippen molar-refractivity contribution in [1.29, 1.82) is 0 Å². The van der Waals surface area contributed by atoms with Crippen LogP contribution >= 0.6 is 0 Å². The number of nitrogens with zero attached hydrogens (tertiary/aromatic N) is 3. The maximum absolute atomic E-state index is 13.0. The third-order valence-electron chi connectivity index (χ3n) is 5.89. The van der Waals surface area contributed by atoms with Crippen LogP contribution in [0.4, 0.5) is 5.69 Å². The number of imidazole rings is 1. The predicted molar refractivity (Wildman–Crippen MR) is 114 cm³/mol. The van der Waals surface area contributed by atoms with Crippen molar-refractivity contribution >= 4 is 17.2 Å². The quantitative estimate of drug-likeness (QED) is 0.714. The first-order valence-electron chi connectivity index (χ1n) is 9.96. The van der Waals surface area contributed by atoms with Crippen molar-refractivity contribution in [3.63, 3.8) is 0 Å². The van der Waals surface area contributed by atoms with Crippen LogP contribution < -0.4 is 5.32 Å². The molecule has 2 N–H and O–H groups in total. The van der Waals surface area contributed by atoms with E-state index in [4.69, 9.17) is 4.98 Å². The second-order valence-electron chi connectivity index (χ2n) is 8.50. The highest BCUT2D eigenvalue weighted by Gasteiger charge is 2.39. The third kappa shape index (κ3) is 3.49. The van der Waals surface area contributed by atoms with Crippen LogP contribution in [0.15, 0.2) is 30.5 Å². The largest absolute Gasteiger partial charge is 0.386 e. The fraction of sp³-hybridized carbons (Fsp3) is 0.391. The molecular weight excluding hydrogens is 364 g/mol. The van der Waals surface area contributed by atoms with E-state index in [1.165, 1.54) is 16.7 Å². The average Bonchev–Trinajstić information content (AvgIpc) is 2.93. The van der Waals surface area contributed by atoms with Gasteiger partial charge >= 0.3 is 0 Å². The van der Waals surface area contributed by atoms with Gasteiger partial charge in [0.05, 0.1) is 35.6 Å². The third-order valence-corrected chi connectivity index (χ3v) is 5.89. The van der Waals surface area contributed by atoms with Crippen molar-refractivity contribution in [2.24, 2.45) is 0 Å². The van der Waals surface area contributed by atoms with Gasteiger partial charge in [0.1, 0.15) is 0 Å². The first kappa shape index (κ1) is 19.5. The number of fused-ring (bicyclic) bond motifs is 1. The molecule has 2 aromatic heterocycles. The lowest BCUT2D eigenvalue weighted by molar-refractivity contribution is -0.0668. The molecule has 0 unspecified atom stereocenters. The number of rotatable bonds is 4. The molecule has 6 heteroatoms. The molecule has 3 aromatic rings. The molecule has 1 aliphatic rings. The normalized spacial score (nSPS) is 15.4. The Hall–Kier alpha value is -2.86. The highest BCUT2D eigenvalue weighted by molar-refractivity contribution is 5.96. The number of β-amino-alcohol motifs (C(OH)–C–C–N with tert-alkyl or cyclic N) is 1. The Kier molecular flexibility index (Phi) is 4.62. The minimum absolute atomic E-state index is 0.0701. The van der Waals surface area contributed by atoms with Gasteiger partial charge in [-0.1, -0.05) is 18.2 Å². The van der Waals surface area contributed by atoms with E-state index in [9.17, 15) is 9.90 Å². The van der Waals surface area contributed by atoms with Gasteiger partial charge in [0, 0.05) is 18.4 Å². The van der Waals surface area contributed by atoms with Gasteiger partial charge in [-0.15, -0.1) is 0 Å². The van der Waals surface area contributed by atoms with Crippen molar-refractivity contribution < 1.29 is 9.90 Å². The summed E-state index contributed by atoms with van der Waals surface area (Å²) in [5.41, 5.74) is 7.14. The summed E-state index contributed by atoms with van der Waals surface area (Å²) in [7, 11) is 0. The van der Waals surface area contributed by atoms with E-state index in [0.717, 1.165) is 22.7 Å². The number of nitrogens with one attached hydrogen (secondary N) is 1. The number of aryl methyl sites for hydroxylation is 4. The number of hydrogen-bond donors (Lipinski definition) is 2. The van der Waals surface area contributed by atoms with E-state index in [-0.39, 0.29) is 5.91 Å². The smallest absolute Gasteiger partial charge is 0.255 e. The molecule has 1 aliphatic heterocycles. The Bertz CT molecular complexity index is 1090. The number of pyridine rings is 1. The standard InChI is InChI=1S/C23H28N4O2/c1-14-7-6-8-15(2)19(14)10-24-20-9-18(22(28)26-12-23(5,29)13-26)11-27-17(4)16(3)25-21(20)27/h6-9,11,24,29H,10,12-13H2,1-5H3. The maximum atomic E-state index is 13.0. The summed E-state index contributed by atoms with van der Waals surface area (Å²) in [5.74, 6) is -0.0701. The topological polar surface area (TPSA) is 69.9 Å². The van der Waals surface area contributed by atoms with Gasteiger partial charge in [-0.25, -0.2) is 4.98 Å². The van der Waals surface area contributed by atoms with Crippen molar-refractivity contribution in [2.45, 2.75) is 46.8 Å². The second-order valence-corrected chi connectivity index (χ2v) is 8.50. The van der Waals surface area contributed by atoms with Crippen molar-refractivity contribution in [3.05, 3.63) is 64.1 Å². The lowest BCUT2D eigenvalue weighted by Crippen LogP contribution is -2.61. The van der Waals surface area contributed by atoms with E-state index >= 15 is 0 Å². The molecule has 0 radical (unpaired) electrons. The van der Waals surface area contributed by atoms with Crippen LogP contribution in [0.3, 0.4) is 0 Å². The minimum atomic E-state index is -0.787. The lowest BCUT2D eigenvalue weighted by atomic mass is 9.96. The molecule has 6 nitrogen and oxygen atoms in total. The Balaban J connectivity index is 1.70. The van der Waals surface area contributed by atoms with Crippen LogP contribution in [-0.4, -0.2) is 44.0 Å². The monoisotopic (exact) mass is 392 g/mol. The number of likely N-dealkylation sites (tertiary alicyclic amines) is 1. The number of amides is 1. The zero-order valence-electron chi connectivity index (χ0n) is 17.7. The molecule has 0 spiro atoms. The molecule has 152 valence electrons. The van der Waals surface area contributed by atoms with E-state index < -0.39 is 5.60 Å². The van der Waals surface area contributed by atoms with Gasteiger partial charge in [0.15, 0.2) is 5.65 Å². The van der Waals surface area contributed by atoms with Gasteiger partial charge in [0.2, 0.25) is 0 Å². The van der Waals surface area contributed by atoms with Crippen LogP contribution in [0.5, 0.6) is 0 Å². The Morgan fingerprint density at radius 3 is 2.48 bits per heavy atom. The minimum Gasteiger partial charge on any atom is -0.386 e. The molecule has 0 atom stereocenters. The number of aromatic nitrogens is 2. The number of carbonyl (C=O) groups is 1. The maximum Gasteiger partial charge on any atom is 0.255 e. The molecule has 1 aromatic carbocycles. The first-order chi connectivity index (χ1) is 13.7. The number of hydrogen-bond acceptors (Lipinski definition) is 4. The summed E-state index contributed by atoms with van der Waals surface area (Å²) in [6, 6.07) is 8.16. The number of anilines is 1. The van der Waals surface area contributed by atoms with E-state index in [1.54, 1.807) is 11.8 Å². The molecule has 0 bridgehead atoms. The average molecular weight is 393 g/mol. The van der Waals surface area contributed by atoms with Crippen LogP contribution in [0, 0.1) is 27.7 Å². The molecule has 4 rings (SSSR count). The second kappa shape index (κ2) is 6.88. The molecular formula is C23H28N4O2. The zero-order valence-corrected chi connectivity index (χ0v) is 17.7. The molecule has 1 amide bonds. The molecule has 29 heavy (non-hydrogen) atoms. The number of carbonyl (C=O) groups excluding carboxylic acids is 1. The van der Waals surface area contributed by atoms with Crippen molar-refractivity contribution in [1.82, 2.24) is 14.3 Å². The Morgan fingerprint density at radius 2 is 1.86 bits per heavy atom. The van der Waals surface area contributed by atoms with Crippen LogP contribution in [-0.2, 0) is 6.54 Å². The molecule has 1 saturated heterocycles. The summed E-state index contributed by atoms with van der Waals surface area (Å²) in [5, 5.41) is 13.5. The summed E-state index contributed by atoms with van der Waals surface area (Å²) < 4.78 is 1.98. The van der Waals surface area contributed by atoms with Crippen LogP contribution in [0.1, 0.15) is 45.4 Å².